The molecule has 0 saturated carbocycles. The molecule has 0 spiro atoms. The van der Waals surface area contributed by atoms with E-state index in [2.05, 4.69) is 15.6 Å². The molecule has 0 radical (unpaired) electrons. The van der Waals surface area contributed by atoms with Gasteiger partial charge >= 0.3 is 12.2 Å². The molecule has 1 fully saturated rings. The molecule has 0 aliphatic carbocycles. The summed E-state index contributed by atoms with van der Waals surface area (Å²) in [6.07, 6.45) is -2.91. The Morgan fingerprint density at radius 2 is 2.21 bits per heavy atom. The number of halogens is 3. The molecule has 2 rings (SSSR count). The van der Waals surface area contributed by atoms with Gasteiger partial charge in [-0.25, -0.2) is 9.78 Å². The molecule has 9 heteroatoms. The van der Waals surface area contributed by atoms with Crippen molar-refractivity contribution < 1.29 is 22.7 Å². The normalized spacial score (nSPS) is 18.3. The monoisotopic (exact) mass is 346 g/mol. The van der Waals surface area contributed by atoms with Crippen LogP contribution >= 0.6 is 0 Å². The number of urea groups is 1. The van der Waals surface area contributed by atoms with Crippen molar-refractivity contribution in [2.24, 2.45) is 0 Å². The number of anilines is 1. The second-order valence-corrected chi connectivity index (χ2v) is 5.57. The first-order chi connectivity index (χ1) is 11.4. The molecule has 1 aromatic heterocycles. The number of alkyl halides is 3. The van der Waals surface area contributed by atoms with E-state index in [0.717, 1.165) is 12.3 Å². The number of carbonyl (C=O) groups is 1. The van der Waals surface area contributed by atoms with Crippen LogP contribution in [0.4, 0.5) is 23.8 Å². The van der Waals surface area contributed by atoms with E-state index in [1.165, 1.54) is 6.07 Å². The van der Waals surface area contributed by atoms with Crippen LogP contribution in [0.2, 0.25) is 0 Å². The standard InChI is InChI=1S/C15H21F3N4O2/c1-11-10-22(7-8-24-11)14(23)20-6-2-5-19-13-4-3-12(9-21-13)15(16,17)18/h3-4,9,11H,2,5-8,10H2,1H3,(H,19,21)(H,20,23)/t11-/m0/s1. The van der Waals surface area contributed by atoms with E-state index in [1.54, 1.807) is 4.90 Å². The predicted octanol–water partition coefficient (Wildman–Crippen LogP) is 2.33. The van der Waals surface area contributed by atoms with Crippen LogP contribution in [0.15, 0.2) is 18.3 Å². The Morgan fingerprint density at radius 3 is 2.83 bits per heavy atom. The molecule has 2 N–H and O–H groups in total. The van der Waals surface area contributed by atoms with Crippen LogP contribution in [0.5, 0.6) is 0 Å². The van der Waals surface area contributed by atoms with Crippen molar-refractivity contribution in [1.29, 1.82) is 0 Å². The average molecular weight is 346 g/mol. The highest BCUT2D eigenvalue weighted by molar-refractivity contribution is 5.74. The van der Waals surface area contributed by atoms with E-state index in [4.69, 9.17) is 4.74 Å². The Bertz CT molecular complexity index is 537. The number of nitrogens with one attached hydrogen (secondary N) is 2. The van der Waals surface area contributed by atoms with Gasteiger partial charge in [-0.1, -0.05) is 0 Å². The molecular weight excluding hydrogens is 325 g/mol. The van der Waals surface area contributed by atoms with Crippen molar-refractivity contribution >= 4 is 11.8 Å². The molecule has 0 bridgehead atoms. The lowest BCUT2D eigenvalue weighted by atomic mass is 10.3. The topological polar surface area (TPSA) is 66.5 Å². The van der Waals surface area contributed by atoms with Gasteiger partial charge in [-0.2, -0.15) is 13.2 Å². The highest BCUT2D eigenvalue weighted by Gasteiger charge is 2.30. The minimum Gasteiger partial charge on any atom is -0.375 e. The van der Waals surface area contributed by atoms with Gasteiger partial charge in [-0.15, -0.1) is 0 Å². The van der Waals surface area contributed by atoms with Crippen LogP contribution in [0, 0.1) is 0 Å². The van der Waals surface area contributed by atoms with Crippen LogP contribution in [0.1, 0.15) is 18.9 Å². The van der Waals surface area contributed by atoms with Gasteiger partial charge in [-0.05, 0) is 25.5 Å². The summed E-state index contributed by atoms with van der Waals surface area (Å²) < 4.78 is 42.6. The molecule has 134 valence electrons. The summed E-state index contributed by atoms with van der Waals surface area (Å²) in [5, 5.41) is 5.73. The fourth-order valence-electron chi connectivity index (χ4n) is 2.28. The number of hydrogen-bond donors (Lipinski definition) is 2. The lowest BCUT2D eigenvalue weighted by Gasteiger charge is -2.31. The number of morpholine rings is 1. The van der Waals surface area contributed by atoms with E-state index < -0.39 is 11.7 Å². The quantitative estimate of drug-likeness (QED) is 0.803. The first-order valence-electron chi connectivity index (χ1n) is 7.78. The molecule has 0 unspecified atom stereocenters. The fourth-order valence-corrected chi connectivity index (χ4v) is 2.28. The van der Waals surface area contributed by atoms with Crippen molar-refractivity contribution in [3.05, 3.63) is 23.9 Å². The van der Waals surface area contributed by atoms with Gasteiger partial charge in [0.1, 0.15) is 5.82 Å². The van der Waals surface area contributed by atoms with Crippen molar-refractivity contribution in [2.75, 3.05) is 38.1 Å². The van der Waals surface area contributed by atoms with Gasteiger partial charge < -0.3 is 20.3 Å². The van der Waals surface area contributed by atoms with Crippen molar-refractivity contribution in [3.63, 3.8) is 0 Å². The van der Waals surface area contributed by atoms with E-state index >= 15 is 0 Å². The van der Waals surface area contributed by atoms with E-state index in [9.17, 15) is 18.0 Å². The van der Waals surface area contributed by atoms with Crippen LogP contribution in [0.3, 0.4) is 0 Å². The maximum atomic E-state index is 12.4. The Balaban J connectivity index is 1.63. The van der Waals surface area contributed by atoms with E-state index in [-0.39, 0.29) is 12.1 Å². The van der Waals surface area contributed by atoms with Crippen LogP contribution in [-0.2, 0) is 10.9 Å². The number of pyridine rings is 1. The summed E-state index contributed by atoms with van der Waals surface area (Å²) in [4.78, 5) is 17.4. The maximum Gasteiger partial charge on any atom is 0.417 e. The summed E-state index contributed by atoms with van der Waals surface area (Å²) in [5.41, 5.74) is -0.778. The highest BCUT2D eigenvalue weighted by Crippen LogP contribution is 2.28. The Morgan fingerprint density at radius 1 is 1.42 bits per heavy atom. The van der Waals surface area contributed by atoms with Gasteiger partial charge in [0.15, 0.2) is 0 Å². The molecule has 24 heavy (non-hydrogen) atoms. The minimum absolute atomic E-state index is 0.0388. The lowest BCUT2D eigenvalue weighted by Crippen LogP contribution is -2.49. The Labute approximate surface area is 138 Å². The van der Waals surface area contributed by atoms with Crippen molar-refractivity contribution in [2.45, 2.75) is 25.6 Å². The summed E-state index contributed by atoms with van der Waals surface area (Å²) in [7, 11) is 0. The second-order valence-electron chi connectivity index (χ2n) is 5.57. The van der Waals surface area contributed by atoms with Gasteiger partial charge in [0, 0.05) is 32.4 Å². The lowest BCUT2D eigenvalue weighted by molar-refractivity contribution is -0.137. The molecule has 2 heterocycles. The average Bonchev–Trinajstić information content (AvgIpc) is 2.54. The molecule has 1 aliphatic rings. The number of amides is 2. The highest BCUT2D eigenvalue weighted by atomic mass is 19.4. The number of aromatic nitrogens is 1. The summed E-state index contributed by atoms with van der Waals surface area (Å²) >= 11 is 0. The van der Waals surface area contributed by atoms with Crippen LogP contribution in [0.25, 0.3) is 0 Å². The van der Waals surface area contributed by atoms with Crippen molar-refractivity contribution in [3.8, 4) is 0 Å². The molecule has 6 nitrogen and oxygen atoms in total. The second kappa shape index (κ2) is 8.18. The number of rotatable bonds is 5. The zero-order valence-electron chi connectivity index (χ0n) is 13.4. The molecule has 0 aromatic carbocycles. The number of carbonyl (C=O) groups excluding carboxylic acids is 1. The molecule has 1 saturated heterocycles. The third-order valence-electron chi connectivity index (χ3n) is 3.55. The van der Waals surface area contributed by atoms with E-state index in [0.29, 0.717) is 45.0 Å². The minimum atomic E-state index is -4.38. The van der Waals surface area contributed by atoms with Gasteiger partial charge in [0.2, 0.25) is 0 Å². The largest absolute Gasteiger partial charge is 0.417 e. The van der Waals surface area contributed by atoms with Crippen LogP contribution in [-0.4, -0.2) is 54.8 Å². The first-order valence-corrected chi connectivity index (χ1v) is 7.78. The molecule has 2 amide bonds. The van der Waals surface area contributed by atoms with Crippen LogP contribution < -0.4 is 10.6 Å². The van der Waals surface area contributed by atoms with Crippen molar-refractivity contribution in [1.82, 2.24) is 15.2 Å². The summed E-state index contributed by atoms with van der Waals surface area (Å²) in [6.45, 7) is 4.57. The number of ether oxygens (including phenoxy) is 1. The SMILES string of the molecule is C[C@H]1CN(C(=O)NCCCNc2ccc(C(F)(F)F)cn2)CCO1. The van der Waals surface area contributed by atoms with Gasteiger partial charge in [0.05, 0.1) is 18.3 Å². The number of hydrogen-bond acceptors (Lipinski definition) is 4. The number of nitrogens with zero attached hydrogens (tertiary/aromatic N) is 2. The van der Waals surface area contributed by atoms with Gasteiger partial charge in [-0.3, -0.25) is 0 Å². The maximum absolute atomic E-state index is 12.4. The summed E-state index contributed by atoms with van der Waals surface area (Å²) in [6, 6.07) is 2.14. The smallest absolute Gasteiger partial charge is 0.375 e. The molecular formula is C15H21F3N4O2. The predicted molar refractivity (Wildman–Crippen MR) is 82.7 cm³/mol. The zero-order chi connectivity index (χ0) is 17.6. The van der Waals surface area contributed by atoms with Gasteiger partial charge in [0.25, 0.3) is 0 Å². The summed E-state index contributed by atoms with van der Waals surface area (Å²) in [5.74, 6) is 0.372. The third kappa shape index (κ3) is 5.55. The molecule has 1 aliphatic heterocycles. The molecule has 1 aromatic rings. The molecule has 1 atom stereocenters. The first kappa shape index (κ1) is 18.3. The Hall–Kier alpha value is -2.03. The third-order valence-corrected chi connectivity index (χ3v) is 3.55. The van der Waals surface area contributed by atoms with E-state index in [1.807, 2.05) is 6.92 Å². The zero-order valence-corrected chi connectivity index (χ0v) is 13.4. The Kier molecular flexibility index (Phi) is 6.24. The fraction of sp³-hybridized carbons (Fsp3) is 0.600.